The van der Waals surface area contributed by atoms with Gasteiger partial charge in [-0.3, -0.25) is 9.59 Å². The molecule has 0 aliphatic carbocycles. The molecule has 148 valence electrons. The average Bonchev–Trinajstić information content (AvgIpc) is 2.70. The molecule has 4 bridgehead atoms. The largest absolute Gasteiger partial charge is 0.507 e. The van der Waals surface area contributed by atoms with E-state index in [-0.39, 0.29) is 17.6 Å². The van der Waals surface area contributed by atoms with E-state index in [1.807, 2.05) is 24.3 Å². The smallest absolute Gasteiger partial charge is 0.251 e. The van der Waals surface area contributed by atoms with Gasteiger partial charge in [-0.15, -0.1) is 0 Å². The third-order valence-corrected chi connectivity index (χ3v) is 4.81. The van der Waals surface area contributed by atoms with Gasteiger partial charge in [0.25, 0.3) is 5.91 Å². The predicted molar refractivity (Wildman–Crippen MR) is 109 cm³/mol. The number of fused-ring (bicyclic) bond motifs is 5. The van der Waals surface area contributed by atoms with Crippen LogP contribution in [-0.4, -0.2) is 43.1 Å². The van der Waals surface area contributed by atoms with Crippen LogP contribution in [-0.2, 0) is 11.2 Å². The molecule has 0 saturated carbocycles. The molecule has 0 aromatic heterocycles. The van der Waals surface area contributed by atoms with Gasteiger partial charge < -0.3 is 21.1 Å². The highest BCUT2D eigenvalue weighted by Crippen LogP contribution is 2.30. The second-order valence-corrected chi connectivity index (χ2v) is 7.00. The van der Waals surface area contributed by atoms with Crippen LogP contribution in [0.2, 0.25) is 0 Å². The minimum absolute atomic E-state index is 0.0543. The molecular weight excluding hydrogens is 354 g/mol. The molecule has 4 N–H and O–H groups in total. The molecule has 1 aliphatic heterocycles. The van der Waals surface area contributed by atoms with Crippen LogP contribution >= 0.6 is 0 Å². The number of rotatable bonds is 0. The molecule has 1 aliphatic rings. The van der Waals surface area contributed by atoms with Gasteiger partial charge in [0.05, 0.1) is 0 Å². The first-order chi connectivity index (χ1) is 13.6. The van der Waals surface area contributed by atoms with Crippen LogP contribution in [0.15, 0.2) is 42.5 Å². The van der Waals surface area contributed by atoms with Crippen molar-refractivity contribution in [2.75, 3.05) is 26.2 Å². The number of hydrogen-bond donors (Lipinski definition) is 4. The number of nitrogens with one attached hydrogen (secondary N) is 3. The molecule has 0 unspecified atom stereocenters. The van der Waals surface area contributed by atoms with Crippen LogP contribution in [0.5, 0.6) is 5.75 Å². The summed E-state index contributed by atoms with van der Waals surface area (Å²) in [6.45, 7) is 2.71. The van der Waals surface area contributed by atoms with Crippen LogP contribution in [0, 0.1) is 0 Å². The number of aromatic hydroxyl groups is 1. The van der Waals surface area contributed by atoms with Gasteiger partial charge in [0.2, 0.25) is 5.91 Å². The SMILES string of the molecule is O=C1CCCNCCCNC(=O)c2cccc(c2)-c2cc(ccc2O)CCN1. The first-order valence-corrected chi connectivity index (χ1v) is 9.81. The van der Waals surface area contributed by atoms with Crippen LogP contribution in [0.1, 0.15) is 35.2 Å². The van der Waals surface area contributed by atoms with Crippen LogP contribution in [0.25, 0.3) is 11.1 Å². The van der Waals surface area contributed by atoms with Gasteiger partial charge in [-0.1, -0.05) is 18.2 Å². The Morgan fingerprint density at radius 3 is 2.50 bits per heavy atom. The Kier molecular flexibility index (Phi) is 7.03. The lowest BCUT2D eigenvalue weighted by atomic mass is 9.98. The Balaban J connectivity index is 1.82. The number of carbonyl (C=O) groups excluding carboxylic acids is 2. The minimum Gasteiger partial charge on any atom is -0.507 e. The topological polar surface area (TPSA) is 90.5 Å². The molecule has 0 spiro atoms. The van der Waals surface area contributed by atoms with Crippen molar-refractivity contribution >= 4 is 11.8 Å². The highest BCUT2D eigenvalue weighted by molar-refractivity contribution is 5.95. The molecule has 1 heterocycles. The minimum atomic E-state index is -0.120. The summed E-state index contributed by atoms with van der Waals surface area (Å²) in [6, 6.07) is 12.7. The van der Waals surface area contributed by atoms with Gasteiger partial charge in [0.1, 0.15) is 5.75 Å². The number of phenolic OH excluding ortho intramolecular Hbond substituents is 1. The second-order valence-electron chi connectivity index (χ2n) is 7.00. The zero-order valence-electron chi connectivity index (χ0n) is 16.0. The van der Waals surface area contributed by atoms with E-state index in [1.165, 1.54) is 0 Å². The van der Waals surface area contributed by atoms with Crippen molar-refractivity contribution in [3.05, 3.63) is 53.6 Å². The summed E-state index contributed by atoms with van der Waals surface area (Å²) in [5, 5.41) is 19.5. The zero-order chi connectivity index (χ0) is 19.8. The van der Waals surface area contributed by atoms with Gasteiger partial charge in [-0.25, -0.2) is 0 Å². The van der Waals surface area contributed by atoms with E-state index in [0.717, 1.165) is 37.1 Å². The fourth-order valence-electron chi connectivity index (χ4n) is 3.25. The third-order valence-electron chi connectivity index (χ3n) is 4.81. The Bertz CT molecular complexity index is 836. The zero-order valence-corrected chi connectivity index (χ0v) is 16.0. The molecule has 0 radical (unpaired) electrons. The van der Waals surface area contributed by atoms with Gasteiger partial charge in [0.15, 0.2) is 0 Å². The lowest BCUT2D eigenvalue weighted by molar-refractivity contribution is -0.121. The van der Waals surface area contributed by atoms with Crippen LogP contribution < -0.4 is 16.0 Å². The maximum Gasteiger partial charge on any atom is 0.251 e. The fourth-order valence-corrected chi connectivity index (χ4v) is 3.25. The lowest BCUT2D eigenvalue weighted by Crippen LogP contribution is -2.28. The summed E-state index contributed by atoms with van der Waals surface area (Å²) in [6.07, 6.45) is 2.78. The number of benzene rings is 2. The normalized spacial score (nSPS) is 16.9. The first-order valence-electron chi connectivity index (χ1n) is 9.81. The van der Waals surface area contributed by atoms with Crippen molar-refractivity contribution < 1.29 is 14.7 Å². The van der Waals surface area contributed by atoms with E-state index < -0.39 is 0 Å². The highest BCUT2D eigenvalue weighted by Gasteiger charge is 2.11. The first kappa shape index (κ1) is 19.9. The maximum absolute atomic E-state index is 12.4. The average molecular weight is 381 g/mol. The molecule has 6 heteroatoms. The molecule has 6 nitrogen and oxygen atoms in total. The third kappa shape index (κ3) is 5.57. The van der Waals surface area contributed by atoms with E-state index in [2.05, 4.69) is 16.0 Å². The molecule has 0 saturated heterocycles. The predicted octanol–water partition coefficient (Wildman–Crippen LogP) is 2.22. The quantitative estimate of drug-likeness (QED) is 0.563. The summed E-state index contributed by atoms with van der Waals surface area (Å²) < 4.78 is 0. The number of amides is 2. The van der Waals surface area contributed by atoms with Crippen LogP contribution in [0.4, 0.5) is 0 Å². The van der Waals surface area contributed by atoms with Crippen molar-refractivity contribution in [3.8, 4) is 16.9 Å². The molecule has 3 rings (SSSR count). The van der Waals surface area contributed by atoms with Gasteiger partial charge in [0, 0.05) is 30.6 Å². The van der Waals surface area contributed by atoms with Crippen molar-refractivity contribution in [3.63, 3.8) is 0 Å². The molecular formula is C22H27N3O3. The van der Waals surface area contributed by atoms with E-state index in [4.69, 9.17) is 0 Å². The van der Waals surface area contributed by atoms with Crippen LogP contribution in [0.3, 0.4) is 0 Å². The number of phenols is 1. The molecule has 2 amide bonds. The highest BCUT2D eigenvalue weighted by atomic mass is 16.3. The van der Waals surface area contributed by atoms with Crippen molar-refractivity contribution in [2.24, 2.45) is 0 Å². The molecule has 28 heavy (non-hydrogen) atoms. The molecule has 0 atom stereocenters. The summed E-state index contributed by atoms with van der Waals surface area (Å²) in [5.74, 6) is 0.103. The number of hydrogen-bond acceptors (Lipinski definition) is 4. The lowest BCUT2D eigenvalue weighted by Gasteiger charge is -2.11. The summed E-state index contributed by atoms with van der Waals surface area (Å²) in [4.78, 5) is 24.3. The Morgan fingerprint density at radius 1 is 0.786 bits per heavy atom. The fraction of sp³-hybridized carbons (Fsp3) is 0.364. The van der Waals surface area contributed by atoms with Gasteiger partial charge in [-0.2, -0.15) is 0 Å². The Morgan fingerprint density at radius 2 is 1.61 bits per heavy atom. The second kappa shape index (κ2) is 9.90. The standard InChI is InChI=1S/C22H27N3O3/c26-20-8-7-16-9-13-24-21(27)6-2-10-23-11-3-12-25-22(28)18-5-1-4-17(15-18)19(20)14-16/h1,4-5,7-8,14-15,23,26H,2-3,6,9-13H2,(H,24,27)(H,25,28). The van der Waals surface area contributed by atoms with Crippen molar-refractivity contribution in [2.45, 2.75) is 25.7 Å². The van der Waals surface area contributed by atoms with E-state index in [0.29, 0.717) is 37.1 Å². The molecule has 2 aromatic carbocycles. The van der Waals surface area contributed by atoms with Gasteiger partial charge >= 0.3 is 0 Å². The van der Waals surface area contributed by atoms with Crippen molar-refractivity contribution in [1.82, 2.24) is 16.0 Å². The molecule has 0 fully saturated rings. The summed E-state index contributed by atoms with van der Waals surface area (Å²) >= 11 is 0. The summed E-state index contributed by atoms with van der Waals surface area (Å²) in [7, 11) is 0. The summed E-state index contributed by atoms with van der Waals surface area (Å²) in [5.41, 5.74) is 3.05. The van der Waals surface area contributed by atoms with Gasteiger partial charge in [-0.05, 0) is 67.7 Å². The molecule has 2 aromatic rings. The van der Waals surface area contributed by atoms with E-state index in [1.54, 1.807) is 18.2 Å². The maximum atomic E-state index is 12.4. The van der Waals surface area contributed by atoms with Crippen molar-refractivity contribution in [1.29, 1.82) is 0 Å². The monoisotopic (exact) mass is 381 g/mol. The Hall–Kier alpha value is -2.86. The Labute approximate surface area is 165 Å². The van der Waals surface area contributed by atoms with E-state index >= 15 is 0 Å². The number of carbonyl (C=O) groups is 2. The van der Waals surface area contributed by atoms with E-state index in [9.17, 15) is 14.7 Å².